The Balaban J connectivity index is 0.000000147. The van der Waals surface area contributed by atoms with Crippen LogP contribution in [0, 0.1) is 0 Å². The maximum Gasteiger partial charge on any atom is 2.00 e. The van der Waals surface area contributed by atoms with Crippen LogP contribution in [0.5, 0.6) is 11.8 Å². The third-order valence-corrected chi connectivity index (χ3v) is 4.31. The fraction of sp³-hybridized carbons (Fsp3) is 0. The van der Waals surface area contributed by atoms with Crippen LogP contribution in [0.2, 0.25) is 0 Å². The molecule has 0 aliphatic carbocycles. The van der Waals surface area contributed by atoms with Gasteiger partial charge < -0.3 is 10.2 Å². The summed E-state index contributed by atoms with van der Waals surface area (Å²) in [4.78, 5) is 0. The minimum absolute atomic E-state index is 0. The molecule has 0 aliphatic rings. The summed E-state index contributed by atoms with van der Waals surface area (Å²) in [5.41, 5.74) is 0. The molecule has 0 unspecified atom stereocenters. The Labute approximate surface area is 141 Å². The van der Waals surface area contributed by atoms with Crippen molar-refractivity contribution in [3.63, 3.8) is 0 Å². The second-order valence-corrected chi connectivity index (χ2v) is 5.58. The first-order chi connectivity index (χ1) is 9.75. The van der Waals surface area contributed by atoms with Crippen LogP contribution in [-0.4, -0.2) is 8.75 Å². The summed E-state index contributed by atoms with van der Waals surface area (Å²) in [6, 6.07) is 14.9. The minimum Gasteiger partial charge on any atom is -0.857 e. The molecule has 4 nitrogen and oxygen atoms in total. The Hall–Kier alpha value is -1.56. The molecule has 7 heteroatoms. The van der Waals surface area contributed by atoms with E-state index in [0.717, 1.165) is 20.2 Å². The van der Waals surface area contributed by atoms with E-state index in [-0.39, 0.29) is 31.2 Å². The summed E-state index contributed by atoms with van der Waals surface area (Å²) < 4.78 is 9.29. The molecule has 21 heavy (non-hydrogen) atoms. The van der Waals surface area contributed by atoms with Gasteiger partial charge in [-0.3, -0.25) is 0 Å². The predicted molar refractivity (Wildman–Crippen MR) is 78.1 cm³/mol. The third kappa shape index (κ3) is 3.37. The van der Waals surface area contributed by atoms with Gasteiger partial charge in [0.05, 0.1) is 9.40 Å². The molecule has 0 saturated carbocycles. The van der Waals surface area contributed by atoms with Crippen LogP contribution in [0.4, 0.5) is 0 Å². The molecule has 0 bridgehead atoms. The van der Waals surface area contributed by atoms with Crippen LogP contribution < -0.4 is 10.2 Å². The van der Waals surface area contributed by atoms with Gasteiger partial charge in [-0.05, 0) is 35.2 Å². The molecule has 0 aliphatic heterocycles. The van der Waals surface area contributed by atoms with Gasteiger partial charge in [-0.25, -0.2) is 8.75 Å². The van der Waals surface area contributed by atoms with E-state index >= 15 is 0 Å². The van der Waals surface area contributed by atoms with Crippen LogP contribution in [-0.2, 0) is 19.5 Å². The molecule has 2 aromatic carbocycles. The third-order valence-electron chi connectivity index (χ3n) is 2.69. The molecule has 0 N–H and O–H groups in total. The molecule has 0 amide bonds. The van der Waals surface area contributed by atoms with Gasteiger partial charge >= 0.3 is 19.5 Å². The molecule has 0 fully saturated rings. The van der Waals surface area contributed by atoms with Gasteiger partial charge in [-0.1, -0.05) is 36.4 Å². The molecule has 0 radical (unpaired) electrons. The maximum atomic E-state index is 10.9. The van der Waals surface area contributed by atoms with Crippen LogP contribution in [0.3, 0.4) is 0 Å². The van der Waals surface area contributed by atoms with Gasteiger partial charge in [-0.2, -0.15) is 0 Å². The zero-order chi connectivity index (χ0) is 13.9. The Morgan fingerprint density at radius 1 is 0.667 bits per heavy atom. The molecule has 100 valence electrons. The van der Waals surface area contributed by atoms with Gasteiger partial charge in [0.1, 0.15) is 0 Å². The maximum absolute atomic E-state index is 10.9. The second-order valence-electron chi connectivity index (χ2n) is 3.97. The van der Waals surface area contributed by atoms with Crippen LogP contribution >= 0.6 is 23.1 Å². The zero-order valence-electron chi connectivity index (χ0n) is 10.9. The predicted octanol–water partition coefficient (Wildman–Crippen LogP) is 2.74. The van der Waals surface area contributed by atoms with Gasteiger partial charge in [0, 0.05) is 22.5 Å². The van der Waals surface area contributed by atoms with Gasteiger partial charge in [0.15, 0.2) is 0 Å². The molecular formula is C14H8N2O2S2Zn. The van der Waals surface area contributed by atoms with E-state index in [4.69, 9.17) is 0 Å². The summed E-state index contributed by atoms with van der Waals surface area (Å²) in [6.45, 7) is 0. The average molecular weight is 366 g/mol. The van der Waals surface area contributed by atoms with Crippen molar-refractivity contribution in [1.82, 2.24) is 8.75 Å². The fourth-order valence-electron chi connectivity index (χ4n) is 1.73. The van der Waals surface area contributed by atoms with Crippen molar-refractivity contribution in [2.45, 2.75) is 0 Å². The number of fused-ring (bicyclic) bond motifs is 2. The molecule has 0 saturated heterocycles. The number of nitrogens with zero attached hydrogens (tertiary/aromatic N) is 2. The monoisotopic (exact) mass is 364 g/mol. The van der Waals surface area contributed by atoms with Crippen molar-refractivity contribution in [2.24, 2.45) is 0 Å². The normalized spacial score (nSPS) is 9.90. The van der Waals surface area contributed by atoms with E-state index in [1.54, 1.807) is 12.1 Å². The molecule has 4 aromatic rings. The topological polar surface area (TPSA) is 71.9 Å². The van der Waals surface area contributed by atoms with E-state index in [1.165, 1.54) is 23.1 Å². The summed E-state index contributed by atoms with van der Waals surface area (Å²) in [7, 11) is 0. The van der Waals surface area contributed by atoms with Gasteiger partial charge in [0.25, 0.3) is 0 Å². The Bertz CT molecular complexity index is 788. The smallest absolute Gasteiger partial charge is 0.857 e. The standard InChI is InChI=1S/2C7H5NOS.Zn/c2*9-7-5-3-1-2-4-6(5)10-8-7;/h2*1-4H,(H,8,9);/q;;+2/p-2. The molecule has 2 heterocycles. The van der Waals surface area contributed by atoms with Crippen molar-refractivity contribution in [3.05, 3.63) is 48.5 Å². The summed E-state index contributed by atoms with van der Waals surface area (Å²) in [5.74, 6) is -0.221. The summed E-state index contributed by atoms with van der Waals surface area (Å²) in [5, 5.41) is 23.2. The Morgan fingerprint density at radius 2 is 1.05 bits per heavy atom. The van der Waals surface area contributed by atoms with Crippen molar-refractivity contribution >= 4 is 43.2 Å². The molecular weight excluding hydrogens is 358 g/mol. The van der Waals surface area contributed by atoms with Crippen molar-refractivity contribution in [2.75, 3.05) is 0 Å². The average Bonchev–Trinajstić information content (AvgIpc) is 3.05. The quantitative estimate of drug-likeness (QED) is 0.449. The Kier molecular flexibility index (Phi) is 5.23. The van der Waals surface area contributed by atoms with Crippen molar-refractivity contribution < 1.29 is 29.7 Å². The molecule has 0 spiro atoms. The van der Waals surface area contributed by atoms with Crippen molar-refractivity contribution in [1.29, 1.82) is 0 Å². The van der Waals surface area contributed by atoms with E-state index in [2.05, 4.69) is 8.75 Å². The number of hydrogen-bond donors (Lipinski definition) is 0. The molecule has 0 atom stereocenters. The fourth-order valence-corrected chi connectivity index (χ4v) is 3.07. The summed E-state index contributed by atoms with van der Waals surface area (Å²) >= 11 is 2.50. The Morgan fingerprint density at radius 3 is 1.43 bits per heavy atom. The first-order valence-electron chi connectivity index (χ1n) is 5.78. The first kappa shape index (κ1) is 15.8. The molecule has 4 rings (SSSR count). The summed E-state index contributed by atoms with van der Waals surface area (Å²) in [6.07, 6.45) is 0. The second kappa shape index (κ2) is 6.94. The number of rotatable bonds is 0. The molecule has 2 aromatic heterocycles. The first-order valence-corrected chi connectivity index (χ1v) is 7.33. The SMILES string of the molecule is [O-]c1nsc2ccccc12.[O-]c1nsc2ccccc12.[Zn+2]. The van der Waals surface area contributed by atoms with Crippen LogP contribution in [0.25, 0.3) is 20.2 Å². The van der Waals surface area contributed by atoms with Gasteiger partial charge in [-0.15, -0.1) is 0 Å². The van der Waals surface area contributed by atoms with E-state index in [0.29, 0.717) is 0 Å². The number of hydrogen-bond acceptors (Lipinski definition) is 6. The largest absolute Gasteiger partial charge is 2.00 e. The number of benzene rings is 2. The van der Waals surface area contributed by atoms with Crippen molar-refractivity contribution in [3.8, 4) is 11.8 Å². The van der Waals surface area contributed by atoms with E-state index < -0.39 is 0 Å². The van der Waals surface area contributed by atoms with E-state index in [1.807, 2.05) is 36.4 Å². The van der Waals surface area contributed by atoms with Gasteiger partial charge in [0.2, 0.25) is 0 Å². The van der Waals surface area contributed by atoms with Crippen LogP contribution in [0.1, 0.15) is 0 Å². The van der Waals surface area contributed by atoms with Crippen LogP contribution in [0.15, 0.2) is 48.5 Å². The zero-order valence-corrected chi connectivity index (χ0v) is 15.5. The number of aromatic nitrogens is 2. The van der Waals surface area contributed by atoms with E-state index in [9.17, 15) is 10.2 Å². The minimum atomic E-state index is -0.111.